The summed E-state index contributed by atoms with van der Waals surface area (Å²) in [6.07, 6.45) is 3.83. The fourth-order valence-electron chi connectivity index (χ4n) is 3.09. The van der Waals surface area contributed by atoms with Crippen LogP contribution in [0.25, 0.3) is 0 Å². The highest BCUT2D eigenvalue weighted by atomic mass is 15.5. The Hall–Kier alpha value is -0.160. The van der Waals surface area contributed by atoms with Gasteiger partial charge in [0.25, 0.3) is 0 Å². The second-order valence-electron chi connectivity index (χ2n) is 4.81. The summed E-state index contributed by atoms with van der Waals surface area (Å²) in [5.74, 6) is 0. The molecule has 4 heteroatoms. The molecule has 14 heavy (non-hydrogen) atoms. The first-order valence-corrected chi connectivity index (χ1v) is 5.57. The van der Waals surface area contributed by atoms with Crippen molar-refractivity contribution in [3.05, 3.63) is 0 Å². The molecule has 2 unspecified atom stereocenters. The van der Waals surface area contributed by atoms with Crippen molar-refractivity contribution in [3.63, 3.8) is 0 Å². The van der Waals surface area contributed by atoms with Crippen molar-refractivity contribution >= 4 is 0 Å². The Morgan fingerprint density at radius 3 is 2.93 bits per heavy atom. The quantitative estimate of drug-likeness (QED) is 0.607. The van der Waals surface area contributed by atoms with Crippen molar-refractivity contribution in [1.82, 2.24) is 15.3 Å². The molecule has 0 spiro atoms. The van der Waals surface area contributed by atoms with Crippen LogP contribution in [0.2, 0.25) is 0 Å². The molecule has 0 radical (unpaired) electrons. The molecule has 0 bridgehead atoms. The molecule has 4 nitrogen and oxygen atoms in total. The van der Waals surface area contributed by atoms with Crippen molar-refractivity contribution in [2.75, 3.05) is 33.7 Å². The van der Waals surface area contributed by atoms with Crippen LogP contribution < -0.4 is 11.2 Å². The summed E-state index contributed by atoms with van der Waals surface area (Å²) in [5.41, 5.74) is 9.64. The molecule has 0 saturated carbocycles. The van der Waals surface area contributed by atoms with Gasteiger partial charge in [-0.3, -0.25) is 4.90 Å². The highest BCUT2D eigenvalue weighted by molar-refractivity contribution is 5.07. The fourth-order valence-corrected chi connectivity index (χ4v) is 3.09. The molecule has 82 valence electrons. The van der Waals surface area contributed by atoms with Gasteiger partial charge in [-0.2, -0.15) is 0 Å². The molecule has 2 aliphatic heterocycles. The van der Waals surface area contributed by atoms with E-state index in [1.807, 2.05) is 0 Å². The minimum Gasteiger partial charge on any atom is -0.329 e. The standard InChI is InChI=1S/C10H22N4/c1-13(2)12-10(8-11)5-7-14-6-3-4-9(10)14/h9,12H,3-8,11H2,1-2H3. The minimum atomic E-state index is 0.139. The average Bonchev–Trinajstić information content (AvgIpc) is 2.68. The predicted octanol–water partition coefficient (Wildman–Crippen LogP) is -0.382. The number of hydrogen-bond donors (Lipinski definition) is 2. The van der Waals surface area contributed by atoms with E-state index in [1.54, 1.807) is 0 Å². The van der Waals surface area contributed by atoms with Crippen molar-refractivity contribution in [3.8, 4) is 0 Å². The Bertz CT molecular complexity index is 206. The van der Waals surface area contributed by atoms with Gasteiger partial charge >= 0.3 is 0 Å². The van der Waals surface area contributed by atoms with Crippen LogP contribution in [-0.4, -0.2) is 55.2 Å². The van der Waals surface area contributed by atoms with E-state index < -0.39 is 0 Å². The van der Waals surface area contributed by atoms with Gasteiger partial charge in [-0.15, -0.1) is 0 Å². The maximum absolute atomic E-state index is 5.96. The molecular formula is C10H22N4. The molecule has 2 rings (SSSR count). The zero-order valence-electron chi connectivity index (χ0n) is 9.29. The third-order valence-electron chi connectivity index (χ3n) is 3.66. The fraction of sp³-hybridized carbons (Fsp3) is 1.00. The summed E-state index contributed by atoms with van der Waals surface area (Å²) >= 11 is 0. The summed E-state index contributed by atoms with van der Waals surface area (Å²) in [6.45, 7) is 3.22. The summed E-state index contributed by atoms with van der Waals surface area (Å²) in [5, 5.41) is 2.05. The van der Waals surface area contributed by atoms with Crippen LogP contribution in [0.1, 0.15) is 19.3 Å². The molecule has 0 aromatic carbocycles. The number of hydrazine groups is 1. The van der Waals surface area contributed by atoms with Crippen molar-refractivity contribution < 1.29 is 0 Å². The SMILES string of the molecule is CN(C)NC1(CN)CCN2CCCC21. The van der Waals surface area contributed by atoms with Crippen molar-refractivity contribution in [1.29, 1.82) is 0 Å². The average molecular weight is 198 g/mol. The van der Waals surface area contributed by atoms with E-state index in [9.17, 15) is 0 Å². The molecule has 3 N–H and O–H groups in total. The third-order valence-corrected chi connectivity index (χ3v) is 3.66. The molecule has 2 atom stereocenters. The Labute approximate surface area is 86.4 Å². The number of nitrogens with zero attached hydrogens (tertiary/aromatic N) is 2. The molecule has 2 fully saturated rings. The number of fused-ring (bicyclic) bond motifs is 1. The van der Waals surface area contributed by atoms with Gasteiger partial charge in [0.2, 0.25) is 0 Å². The first-order chi connectivity index (χ1) is 6.68. The Morgan fingerprint density at radius 1 is 1.50 bits per heavy atom. The van der Waals surface area contributed by atoms with Gasteiger partial charge < -0.3 is 5.73 Å². The van der Waals surface area contributed by atoms with Crippen LogP contribution >= 0.6 is 0 Å². The third kappa shape index (κ3) is 1.56. The lowest BCUT2D eigenvalue weighted by Crippen LogP contribution is -2.61. The van der Waals surface area contributed by atoms with E-state index in [4.69, 9.17) is 5.73 Å². The van der Waals surface area contributed by atoms with Crippen molar-refractivity contribution in [2.24, 2.45) is 5.73 Å². The second kappa shape index (κ2) is 3.77. The lowest BCUT2D eigenvalue weighted by molar-refractivity contribution is 0.128. The van der Waals surface area contributed by atoms with Gasteiger partial charge in [0.05, 0.1) is 5.54 Å². The highest BCUT2D eigenvalue weighted by Crippen LogP contribution is 2.35. The Kier molecular flexibility index (Phi) is 2.79. The molecule has 2 heterocycles. The maximum atomic E-state index is 5.96. The van der Waals surface area contributed by atoms with E-state index in [-0.39, 0.29) is 5.54 Å². The van der Waals surface area contributed by atoms with Crippen LogP contribution in [-0.2, 0) is 0 Å². The molecule has 2 aliphatic rings. The van der Waals surface area contributed by atoms with Gasteiger partial charge in [-0.05, 0) is 25.8 Å². The molecule has 0 amide bonds. The maximum Gasteiger partial charge on any atom is 0.0614 e. The van der Waals surface area contributed by atoms with Crippen LogP contribution in [0, 0.1) is 0 Å². The minimum absolute atomic E-state index is 0.139. The first kappa shape index (κ1) is 10.4. The van der Waals surface area contributed by atoms with Gasteiger partial charge in [0, 0.05) is 33.2 Å². The van der Waals surface area contributed by atoms with Crippen LogP contribution in [0.15, 0.2) is 0 Å². The van der Waals surface area contributed by atoms with Crippen LogP contribution in [0.4, 0.5) is 0 Å². The lowest BCUT2D eigenvalue weighted by atomic mass is 9.89. The van der Waals surface area contributed by atoms with Gasteiger partial charge in [0.1, 0.15) is 0 Å². The zero-order chi connectivity index (χ0) is 10.2. The smallest absolute Gasteiger partial charge is 0.0614 e. The Morgan fingerprint density at radius 2 is 2.29 bits per heavy atom. The number of hydrogen-bond acceptors (Lipinski definition) is 4. The molecule has 0 aromatic heterocycles. The monoisotopic (exact) mass is 198 g/mol. The zero-order valence-corrected chi connectivity index (χ0v) is 9.29. The second-order valence-corrected chi connectivity index (χ2v) is 4.81. The van der Waals surface area contributed by atoms with Gasteiger partial charge in [0.15, 0.2) is 0 Å². The highest BCUT2D eigenvalue weighted by Gasteiger charge is 2.48. The first-order valence-electron chi connectivity index (χ1n) is 5.57. The van der Waals surface area contributed by atoms with Crippen LogP contribution in [0.5, 0.6) is 0 Å². The lowest BCUT2D eigenvalue weighted by Gasteiger charge is -2.37. The molecule has 0 aromatic rings. The van der Waals surface area contributed by atoms with E-state index >= 15 is 0 Å². The van der Waals surface area contributed by atoms with E-state index in [2.05, 4.69) is 29.4 Å². The summed E-state index contributed by atoms with van der Waals surface area (Å²) in [7, 11) is 4.10. The summed E-state index contributed by atoms with van der Waals surface area (Å²) < 4.78 is 0. The largest absolute Gasteiger partial charge is 0.329 e. The van der Waals surface area contributed by atoms with Crippen molar-refractivity contribution in [2.45, 2.75) is 30.8 Å². The van der Waals surface area contributed by atoms with E-state index in [1.165, 1.54) is 32.4 Å². The van der Waals surface area contributed by atoms with E-state index in [0.717, 1.165) is 6.54 Å². The summed E-state index contributed by atoms with van der Waals surface area (Å²) in [4.78, 5) is 2.59. The topological polar surface area (TPSA) is 44.5 Å². The number of rotatable bonds is 3. The van der Waals surface area contributed by atoms with Gasteiger partial charge in [-0.25, -0.2) is 10.4 Å². The predicted molar refractivity (Wildman–Crippen MR) is 57.8 cm³/mol. The molecule has 0 aliphatic carbocycles. The molecular weight excluding hydrogens is 176 g/mol. The molecule has 2 saturated heterocycles. The normalized spacial score (nSPS) is 38.1. The number of nitrogens with one attached hydrogen (secondary N) is 1. The summed E-state index contributed by atoms with van der Waals surface area (Å²) in [6, 6.07) is 0.662. The van der Waals surface area contributed by atoms with Crippen LogP contribution in [0.3, 0.4) is 0 Å². The van der Waals surface area contributed by atoms with E-state index in [0.29, 0.717) is 6.04 Å². The Balaban J connectivity index is 2.11. The number of nitrogens with two attached hydrogens (primary N) is 1. The van der Waals surface area contributed by atoms with Gasteiger partial charge in [-0.1, -0.05) is 0 Å².